The van der Waals surface area contributed by atoms with E-state index >= 15 is 0 Å². The first-order valence-electron chi connectivity index (χ1n) is 10.7. The Hall–Kier alpha value is -3.75. The summed E-state index contributed by atoms with van der Waals surface area (Å²) < 4.78 is 39.6. The van der Waals surface area contributed by atoms with Gasteiger partial charge in [0, 0.05) is 16.8 Å². The molecule has 0 saturated carbocycles. The van der Waals surface area contributed by atoms with Crippen LogP contribution in [0.15, 0.2) is 54.6 Å². The molecule has 0 radical (unpaired) electrons. The van der Waals surface area contributed by atoms with Crippen LogP contribution >= 0.6 is 0 Å². The molecule has 2 N–H and O–H groups in total. The molecular formula is C25H22F3N3O3. The highest BCUT2D eigenvalue weighted by Crippen LogP contribution is 2.46. The van der Waals surface area contributed by atoms with Crippen molar-refractivity contribution in [3.63, 3.8) is 0 Å². The molecule has 0 bridgehead atoms. The monoisotopic (exact) mass is 469 g/mol. The van der Waals surface area contributed by atoms with Crippen molar-refractivity contribution in [2.24, 2.45) is 5.41 Å². The van der Waals surface area contributed by atoms with Crippen LogP contribution in [0.5, 0.6) is 0 Å². The van der Waals surface area contributed by atoms with Crippen LogP contribution in [0.3, 0.4) is 0 Å². The van der Waals surface area contributed by atoms with Crippen LogP contribution in [0.2, 0.25) is 0 Å². The van der Waals surface area contributed by atoms with Gasteiger partial charge in [0.1, 0.15) is 0 Å². The van der Waals surface area contributed by atoms with Gasteiger partial charge in [-0.25, -0.2) is 0 Å². The fraction of sp³-hybridized carbons (Fsp3) is 0.280. The highest BCUT2D eigenvalue weighted by atomic mass is 19.4. The Labute approximate surface area is 193 Å². The number of Topliss-reactive ketones (excluding diaryl/α,β-unsaturated/α-hetero) is 1. The lowest BCUT2D eigenvalue weighted by molar-refractivity contribution is -0.160. The number of alkyl halides is 3. The van der Waals surface area contributed by atoms with Crippen LogP contribution < -0.4 is 5.32 Å². The number of aromatic nitrogens is 2. The molecule has 1 heterocycles. The van der Waals surface area contributed by atoms with E-state index in [-0.39, 0.29) is 18.4 Å². The van der Waals surface area contributed by atoms with Gasteiger partial charge in [-0.2, -0.15) is 13.2 Å². The Morgan fingerprint density at radius 3 is 2.56 bits per heavy atom. The molecule has 3 aromatic rings. The predicted molar refractivity (Wildman–Crippen MR) is 120 cm³/mol. The second-order valence-electron chi connectivity index (χ2n) is 8.64. The van der Waals surface area contributed by atoms with Gasteiger partial charge in [-0.05, 0) is 61.2 Å². The number of halogens is 3. The Kier molecular flexibility index (Phi) is 6.12. The van der Waals surface area contributed by atoms with Crippen molar-refractivity contribution in [3.8, 4) is 11.3 Å². The van der Waals surface area contributed by atoms with Gasteiger partial charge in [0.25, 0.3) is 0 Å². The van der Waals surface area contributed by atoms with Crippen LogP contribution in [0.1, 0.15) is 40.7 Å². The second kappa shape index (κ2) is 8.89. The van der Waals surface area contributed by atoms with Gasteiger partial charge in [0.05, 0.1) is 24.0 Å². The van der Waals surface area contributed by atoms with Crippen molar-refractivity contribution in [1.29, 1.82) is 0 Å². The molecule has 0 aliphatic heterocycles. The van der Waals surface area contributed by atoms with E-state index in [1.807, 2.05) is 31.2 Å². The van der Waals surface area contributed by atoms with Crippen molar-refractivity contribution in [2.75, 3.05) is 5.32 Å². The maximum atomic E-state index is 13.2. The number of carboxylic acids is 1. The van der Waals surface area contributed by atoms with E-state index in [0.29, 0.717) is 22.6 Å². The zero-order chi connectivity index (χ0) is 24.5. The number of fused-ring (bicyclic) bond motifs is 1. The fourth-order valence-electron chi connectivity index (χ4n) is 4.45. The molecule has 6 nitrogen and oxygen atoms in total. The third-order valence-corrected chi connectivity index (χ3v) is 5.98. The molecule has 0 fully saturated rings. The molecule has 34 heavy (non-hydrogen) atoms. The van der Waals surface area contributed by atoms with Gasteiger partial charge in [-0.3, -0.25) is 9.59 Å². The van der Waals surface area contributed by atoms with E-state index in [4.69, 9.17) is 0 Å². The average Bonchev–Trinajstić information content (AvgIpc) is 2.75. The lowest BCUT2D eigenvalue weighted by atomic mass is 9.66. The largest absolute Gasteiger partial charge is 0.481 e. The molecule has 0 spiro atoms. The summed E-state index contributed by atoms with van der Waals surface area (Å²) in [6.07, 6.45) is -6.97. The summed E-state index contributed by atoms with van der Waals surface area (Å²) in [5, 5.41) is 20.8. The summed E-state index contributed by atoms with van der Waals surface area (Å²) in [6.45, 7) is 1.98. The van der Waals surface area contributed by atoms with E-state index in [2.05, 4.69) is 15.5 Å². The quantitative estimate of drug-likeness (QED) is 0.479. The summed E-state index contributed by atoms with van der Waals surface area (Å²) in [6, 6.07) is 16.1. The zero-order valence-electron chi connectivity index (χ0n) is 18.3. The second-order valence-corrected chi connectivity index (χ2v) is 8.64. The van der Waals surface area contributed by atoms with Gasteiger partial charge in [0.15, 0.2) is 11.6 Å². The van der Waals surface area contributed by atoms with E-state index < -0.39 is 36.2 Å². The van der Waals surface area contributed by atoms with Crippen LogP contribution in [-0.4, -0.2) is 33.2 Å². The Morgan fingerprint density at radius 1 is 1.12 bits per heavy atom. The highest BCUT2D eigenvalue weighted by Gasteiger charge is 2.50. The standard InChI is InChI=1S/C25H22F3N3O3/c1-15-3-2-4-18(11-15)29-21-8-7-20(30-31-21)17-5-6-19-16(12-17)9-10-24(23(19)34,13-22(32)33)14-25(26,27)28/h2-8,11-12H,9-10,13-14H2,1H3,(H,29,31)(H,32,33). The summed E-state index contributed by atoms with van der Waals surface area (Å²) >= 11 is 0. The van der Waals surface area contributed by atoms with Gasteiger partial charge in [0.2, 0.25) is 0 Å². The van der Waals surface area contributed by atoms with Crippen molar-refractivity contribution in [2.45, 2.75) is 38.8 Å². The topological polar surface area (TPSA) is 92.2 Å². The van der Waals surface area contributed by atoms with Gasteiger partial charge in [-0.15, -0.1) is 10.2 Å². The minimum atomic E-state index is -4.65. The van der Waals surface area contributed by atoms with Gasteiger partial charge in [-0.1, -0.05) is 24.3 Å². The summed E-state index contributed by atoms with van der Waals surface area (Å²) in [7, 11) is 0. The lowest BCUT2D eigenvalue weighted by Crippen LogP contribution is -2.41. The number of rotatable bonds is 6. The normalized spacial score (nSPS) is 17.8. The zero-order valence-corrected chi connectivity index (χ0v) is 18.3. The molecule has 1 aromatic heterocycles. The maximum absolute atomic E-state index is 13.2. The number of aryl methyl sites for hydroxylation is 2. The lowest BCUT2D eigenvalue weighted by Gasteiger charge is -2.36. The van der Waals surface area contributed by atoms with E-state index in [1.54, 1.807) is 24.3 Å². The number of hydrogen-bond donors (Lipinski definition) is 2. The van der Waals surface area contributed by atoms with Crippen LogP contribution in [-0.2, 0) is 11.2 Å². The highest BCUT2D eigenvalue weighted by molar-refractivity contribution is 6.04. The molecular weight excluding hydrogens is 447 g/mol. The summed E-state index contributed by atoms with van der Waals surface area (Å²) in [4.78, 5) is 24.3. The third kappa shape index (κ3) is 5.08. The van der Waals surface area contributed by atoms with Crippen molar-refractivity contribution < 1.29 is 27.9 Å². The molecule has 9 heteroatoms. The number of hydrogen-bond acceptors (Lipinski definition) is 5. The van der Waals surface area contributed by atoms with Crippen molar-refractivity contribution >= 4 is 23.3 Å². The van der Waals surface area contributed by atoms with E-state index in [1.165, 1.54) is 6.07 Å². The number of carbonyl (C=O) groups is 2. The summed E-state index contributed by atoms with van der Waals surface area (Å²) in [5.74, 6) is -1.65. The van der Waals surface area contributed by atoms with Crippen LogP contribution in [0.25, 0.3) is 11.3 Å². The molecule has 1 unspecified atom stereocenters. The van der Waals surface area contributed by atoms with E-state index in [9.17, 15) is 27.9 Å². The number of aliphatic carboxylic acids is 1. The summed E-state index contributed by atoms with van der Waals surface area (Å²) in [5.41, 5.74) is 1.91. The molecule has 1 atom stereocenters. The fourth-order valence-corrected chi connectivity index (χ4v) is 4.45. The number of benzene rings is 2. The Bertz CT molecular complexity index is 1240. The first kappa shape index (κ1) is 23.4. The van der Waals surface area contributed by atoms with Crippen molar-refractivity contribution in [3.05, 3.63) is 71.3 Å². The number of carbonyl (C=O) groups excluding carboxylic acids is 1. The van der Waals surface area contributed by atoms with Crippen LogP contribution in [0.4, 0.5) is 24.7 Å². The number of nitrogens with one attached hydrogen (secondary N) is 1. The van der Waals surface area contributed by atoms with Crippen molar-refractivity contribution in [1.82, 2.24) is 10.2 Å². The molecule has 176 valence electrons. The maximum Gasteiger partial charge on any atom is 0.390 e. The van der Waals surface area contributed by atoms with Gasteiger partial charge < -0.3 is 10.4 Å². The van der Waals surface area contributed by atoms with E-state index in [0.717, 1.165) is 11.3 Å². The van der Waals surface area contributed by atoms with Gasteiger partial charge >= 0.3 is 12.1 Å². The first-order valence-corrected chi connectivity index (χ1v) is 10.7. The SMILES string of the molecule is Cc1cccc(Nc2ccc(-c3ccc4c(c3)CCC(CC(=O)O)(CC(F)(F)F)C4=O)nn2)c1. The first-order chi connectivity index (χ1) is 16.0. The predicted octanol–water partition coefficient (Wildman–Crippen LogP) is 5.74. The smallest absolute Gasteiger partial charge is 0.390 e. The minimum absolute atomic E-state index is 0.131. The molecule has 1 aliphatic rings. The number of nitrogens with zero attached hydrogens (tertiary/aromatic N) is 2. The molecule has 0 amide bonds. The minimum Gasteiger partial charge on any atom is -0.481 e. The Balaban J connectivity index is 1.57. The molecule has 2 aromatic carbocycles. The molecule has 4 rings (SSSR count). The Morgan fingerprint density at radius 2 is 1.91 bits per heavy atom. The number of anilines is 2. The average molecular weight is 469 g/mol. The molecule has 0 saturated heterocycles. The molecule has 1 aliphatic carbocycles. The third-order valence-electron chi connectivity index (χ3n) is 5.98. The number of ketones is 1. The number of carboxylic acid groups (broad SMARTS) is 1. The van der Waals surface area contributed by atoms with Crippen LogP contribution in [0, 0.1) is 12.3 Å².